The van der Waals surface area contributed by atoms with Crippen LogP contribution in [-0.2, 0) is 17.9 Å². The van der Waals surface area contributed by atoms with Gasteiger partial charge in [-0.15, -0.1) is 0 Å². The summed E-state index contributed by atoms with van der Waals surface area (Å²) in [6.45, 7) is 2.61. The average molecular weight is 461 g/mol. The third-order valence-electron chi connectivity index (χ3n) is 6.09. The lowest BCUT2D eigenvalue weighted by Crippen LogP contribution is -2.40. The van der Waals surface area contributed by atoms with Gasteiger partial charge in [0.05, 0.1) is 12.9 Å². The van der Waals surface area contributed by atoms with Gasteiger partial charge in [-0.1, -0.05) is 17.3 Å². The van der Waals surface area contributed by atoms with Crippen molar-refractivity contribution in [2.45, 2.75) is 25.9 Å². The van der Waals surface area contributed by atoms with Crippen LogP contribution >= 0.6 is 0 Å². The zero-order valence-corrected chi connectivity index (χ0v) is 18.6. The van der Waals surface area contributed by atoms with E-state index in [4.69, 9.17) is 4.52 Å². The second-order valence-corrected chi connectivity index (χ2v) is 8.42. The van der Waals surface area contributed by atoms with Gasteiger partial charge in [0.1, 0.15) is 5.82 Å². The van der Waals surface area contributed by atoms with Crippen LogP contribution in [0.3, 0.4) is 0 Å². The molecule has 1 aliphatic rings. The van der Waals surface area contributed by atoms with Crippen molar-refractivity contribution in [3.8, 4) is 17.1 Å². The molecule has 1 fully saturated rings. The number of piperidine rings is 1. The molecule has 2 aromatic heterocycles. The number of aromatic nitrogens is 4. The van der Waals surface area contributed by atoms with E-state index in [1.165, 1.54) is 12.1 Å². The maximum atomic E-state index is 13.1. The van der Waals surface area contributed by atoms with Gasteiger partial charge in [0.2, 0.25) is 17.6 Å². The number of benzene rings is 2. The molecule has 4 aromatic rings. The molecule has 0 aliphatic carbocycles. The highest BCUT2D eigenvalue weighted by atomic mass is 19.1. The molecule has 8 nitrogen and oxygen atoms in total. The Kier molecular flexibility index (Phi) is 6.44. The van der Waals surface area contributed by atoms with Gasteiger partial charge in [-0.05, 0) is 67.9 Å². The van der Waals surface area contributed by atoms with Crippen LogP contribution < -0.4 is 5.32 Å². The Balaban J connectivity index is 1.07. The van der Waals surface area contributed by atoms with E-state index in [9.17, 15) is 9.18 Å². The van der Waals surface area contributed by atoms with Crippen LogP contribution in [0.1, 0.15) is 24.3 Å². The Morgan fingerprint density at radius 2 is 1.85 bits per heavy atom. The highest BCUT2D eigenvalue weighted by Crippen LogP contribution is 2.21. The van der Waals surface area contributed by atoms with E-state index in [0.29, 0.717) is 30.4 Å². The summed E-state index contributed by atoms with van der Waals surface area (Å²) >= 11 is 0. The van der Waals surface area contributed by atoms with Crippen LogP contribution in [0.2, 0.25) is 0 Å². The monoisotopic (exact) mass is 460 g/mol. The number of hydrogen-bond donors (Lipinski definition) is 1. The summed E-state index contributed by atoms with van der Waals surface area (Å²) in [5, 5.41) is 7.06. The number of carbonyl (C=O) groups is 1. The van der Waals surface area contributed by atoms with Gasteiger partial charge >= 0.3 is 0 Å². The van der Waals surface area contributed by atoms with E-state index >= 15 is 0 Å². The number of nitrogens with zero attached hydrogens (tertiary/aromatic N) is 5. The lowest BCUT2D eigenvalue weighted by molar-refractivity contribution is -0.126. The number of likely N-dealkylation sites (tertiary alicyclic amines) is 1. The van der Waals surface area contributed by atoms with Crippen LogP contribution in [-0.4, -0.2) is 43.6 Å². The molecule has 0 saturated carbocycles. The molecule has 0 bridgehead atoms. The molecule has 3 heterocycles. The molecule has 1 aliphatic heterocycles. The topological polar surface area (TPSA) is 89.1 Å². The molecule has 0 spiro atoms. The van der Waals surface area contributed by atoms with Crippen molar-refractivity contribution in [3.63, 3.8) is 0 Å². The fraction of sp³-hybridized carbons (Fsp3) is 0.280. The van der Waals surface area contributed by atoms with Gasteiger partial charge in [0, 0.05) is 36.1 Å². The van der Waals surface area contributed by atoms with Crippen LogP contribution in [0.5, 0.6) is 0 Å². The van der Waals surface area contributed by atoms with E-state index < -0.39 is 0 Å². The lowest BCUT2D eigenvalue weighted by Gasteiger charge is -2.30. The quantitative estimate of drug-likeness (QED) is 0.453. The van der Waals surface area contributed by atoms with Crippen molar-refractivity contribution in [3.05, 3.63) is 84.5 Å². The van der Waals surface area contributed by atoms with Gasteiger partial charge in [0.25, 0.3) is 0 Å². The lowest BCUT2D eigenvalue weighted by atomic mass is 9.96. The maximum absolute atomic E-state index is 13.1. The van der Waals surface area contributed by atoms with E-state index in [0.717, 1.165) is 37.2 Å². The molecule has 0 radical (unpaired) electrons. The zero-order valence-electron chi connectivity index (χ0n) is 18.6. The van der Waals surface area contributed by atoms with E-state index in [1.54, 1.807) is 24.7 Å². The normalized spacial score (nSPS) is 14.9. The molecule has 5 rings (SSSR count). The average Bonchev–Trinajstić information content (AvgIpc) is 3.57. The number of halogens is 1. The van der Waals surface area contributed by atoms with E-state index in [2.05, 4.69) is 25.3 Å². The maximum Gasteiger partial charge on any atom is 0.241 e. The summed E-state index contributed by atoms with van der Waals surface area (Å²) in [7, 11) is 0. The number of imidazole rings is 1. The van der Waals surface area contributed by atoms with Crippen molar-refractivity contribution in [2.75, 3.05) is 13.1 Å². The summed E-state index contributed by atoms with van der Waals surface area (Å²) in [5.74, 6) is 0.750. The SMILES string of the molecule is O=C(NCc1ccc(-n2ccnc2)cc1)C1CCN(Cc2nc(-c3ccc(F)cc3)no2)CC1. The standard InChI is InChI=1S/C25H25FN6O2/c26-21-5-3-19(4-6-21)24-29-23(34-30-24)16-31-12-9-20(10-13-31)25(33)28-15-18-1-7-22(8-2-18)32-14-11-27-17-32/h1-8,11,14,17,20H,9-10,12-13,15-16H2,(H,28,33). The first-order valence-corrected chi connectivity index (χ1v) is 11.3. The Hall–Kier alpha value is -3.85. The zero-order chi connectivity index (χ0) is 23.3. The van der Waals surface area contributed by atoms with Crippen molar-refractivity contribution in [1.29, 1.82) is 0 Å². The smallest absolute Gasteiger partial charge is 0.241 e. The fourth-order valence-electron chi connectivity index (χ4n) is 4.11. The number of nitrogens with one attached hydrogen (secondary N) is 1. The summed E-state index contributed by atoms with van der Waals surface area (Å²) in [6.07, 6.45) is 6.96. The van der Waals surface area contributed by atoms with Gasteiger partial charge in [-0.25, -0.2) is 9.37 Å². The molecule has 1 N–H and O–H groups in total. The first-order chi connectivity index (χ1) is 16.6. The van der Waals surface area contributed by atoms with Gasteiger partial charge < -0.3 is 14.4 Å². The van der Waals surface area contributed by atoms with Gasteiger partial charge in [-0.2, -0.15) is 4.98 Å². The molecule has 9 heteroatoms. The van der Waals surface area contributed by atoms with Crippen LogP contribution in [0, 0.1) is 11.7 Å². The summed E-state index contributed by atoms with van der Waals surface area (Å²) in [4.78, 5) is 23.3. The minimum atomic E-state index is -0.303. The van der Waals surface area contributed by atoms with Crippen LogP contribution in [0.15, 0.2) is 71.8 Å². The summed E-state index contributed by atoms with van der Waals surface area (Å²) in [6, 6.07) is 14.1. The minimum Gasteiger partial charge on any atom is -0.352 e. The Morgan fingerprint density at radius 1 is 1.09 bits per heavy atom. The Morgan fingerprint density at radius 3 is 2.56 bits per heavy atom. The third kappa shape index (κ3) is 5.20. The number of carbonyl (C=O) groups excluding carboxylic acids is 1. The van der Waals surface area contributed by atoms with Crippen molar-refractivity contribution >= 4 is 5.91 Å². The number of amides is 1. The fourth-order valence-corrected chi connectivity index (χ4v) is 4.11. The van der Waals surface area contributed by atoms with Gasteiger partial charge in [0.15, 0.2) is 0 Å². The van der Waals surface area contributed by atoms with E-state index in [-0.39, 0.29) is 17.6 Å². The van der Waals surface area contributed by atoms with Crippen molar-refractivity contribution < 1.29 is 13.7 Å². The second kappa shape index (κ2) is 9.96. The van der Waals surface area contributed by atoms with Gasteiger partial charge in [-0.3, -0.25) is 9.69 Å². The Bertz CT molecular complexity index is 1210. The molecule has 1 saturated heterocycles. The number of hydrogen-bond acceptors (Lipinski definition) is 6. The molecule has 34 heavy (non-hydrogen) atoms. The van der Waals surface area contributed by atoms with E-state index in [1.807, 2.05) is 35.0 Å². The largest absolute Gasteiger partial charge is 0.352 e. The molecular formula is C25H25FN6O2. The molecule has 0 atom stereocenters. The predicted molar refractivity (Wildman–Crippen MR) is 123 cm³/mol. The van der Waals surface area contributed by atoms with Crippen molar-refractivity contribution in [1.82, 2.24) is 29.9 Å². The molecule has 1 amide bonds. The minimum absolute atomic E-state index is 0.000988. The van der Waals surface area contributed by atoms with Crippen molar-refractivity contribution in [2.24, 2.45) is 5.92 Å². The number of rotatable bonds is 7. The second-order valence-electron chi connectivity index (χ2n) is 8.42. The molecule has 0 unspecified atom stereocenters. The predicted octanol–water partition coefficient (Wildman–Crippen LogP) is 3.59. The van der Waals surface area contributed by atoms with Crippen LogP contribution in [0.4, 0.5) is 4.39 Å². The van der Waals surface area contributed by atoms with Crippen LogP contribution in [0.25, 0.3) is 17.1 Å². The first kappa shape index (κ1) is 22.0. The third-order valence-corrected chi connectivity index (χ3v) is 6.09. The highest BCUT2D eigenvalue weighted by molar-refractivity contribution is 5.78. The summed E-state index contributed by atoms with van der Waals surface area (Å²) in [5.41, 5.74) is 2.80. The molecular weight excluding hydrogens is 435 g/mol. The first-order valence-electron chi connectivity index (χ1n) is 11.3. The summed E-state index contributed by atoms with van der Waals surface area (Å²) < 4.78 is 20.4. The highest BCUT2D eigenvalue weighted by Gasteiger charge is 2.26. The molecule has 174 valence electrons. The molecule has 2 aromatic carbocycles. The Labute approximate surface area is 196 Å².